The quantitative estimate of drug-likeness (QED) is 0.901. The number of aliphatic hydroxyl groups excluding tert-OH is 1. The summed E-state index contributed by atoms with van der Waals surface area (Å²) >= 11 is 0. The van der Waals surface area contributed by atoms with Crippen molar-refractivity contribution in [3.05, 3.63) is 54.2 Å². The van der Waals surface area contributed by atoms with Gasteiger partial charge in [0.1, 0.15) is 5.75 Å². The highest BCUT2D eigenvalue weighted by atomic mass is 16.5. The molecule has 2 aromatic rings. The summed E-state index contributed by atoms with van der Waals surface area (Å²) in [6.45, 7) is 5.28. The monoisotopic (exact) mass is 341 g/mol. The van der Waals surface area contributed by atoms with E-state index in [1.807, 2.05) is 35.2 Å². The topological polar surface area (TPSA) is 65.9 Å². The molecular weight excluding hydrogens is 318 g/mol. The van der Waals surface area contributed by atoms with Crippen molar-refractivity contribution in [1.82, 2.24) is 14.8 Å². The molecule has 2 heterocycles. The average Bonchev–Trinajstić information content (AvgIpc) is 2.62. The highest BCUT2D eigenvalue weighted by Crippen LogP contribution is 2.20. The summed E-state index contributed by atoms with van der Waals surface area (Å²) in [7, 11) is 0. The normalized spacial score (nSPS) is 16.5. The minimum Gasteiger partial charge on any atom is -0.439 e. The van der Waals surface area contributed by atoms with Crippen molar-refractivity contribution in [2.24, 2.45) is 0 Å². The van der Waals surface area contributed by atoms with Gasteiger partial charge in [-0.25, -0.2) is 4.98 Å². The molecule has 6 heteroatoms. The Labute approximate surface area is 147 Å². The van der Waals surface area contributed by atoms with Crippen LogP contribution in [0.4, 0.5) is 0 Å². The number of piperazine rings is 1. The van der Waals surface area contributed by atoms with Crippen LogP contribution in [0.1, 0.15) is 17.3 Å². The van der Waals surface area contributed by atoms with Crippen molar-refractivity contribution in [2.45, 2.75) is 13.0 Å². The van der Waals surface area contributed by atoms with Gasteiger partial charge in [0, 0.05) is 50.6 Å². The number of hydrogen-bond donors (Lipinski definition) is 1. The standard InChI is InChI=1S/C19H23N3O3/c1-15(23)14-21-9-11-22(12-10-21)19(24)16-7-8-20-18(13-16)25-17-5-3-2-4-6-17/h2-8,13,15,23H,9-12,14H2,1H3/t15-/m1/s1. The van der Waals surface area contributed by atoms with Gasteiger partial charge in [-0.3, -0.25) is 9.69 Å². The first-order valence-electron chi connectivity index (χ1n) is 8.50. The van der Waals surface area contributed by atoms with E-state index < -0.39 is 0 Å². The Bertz CT molecular complexity index is 698. The fourth-order valence-corrected chi connectivity index (χ4v) is 2.90. The van der Waals surface area contributed by atoms with Crippen molar-refractivity contribution >= 4 is 5.91 Å². The number of pyridine rings is 1. The van der Waals surface area contributed by atoms with E-state index in [0.717, 1.165) is 13.1 Å². The third-order valence-electron chi connectivity index (χ3n) is 4.13. The maximum Gasteiger partial charge on any atom is 0.254 e. The molecule has 3 rings (SSSR count). The van der Waals surface area contributed by atoms with Gasteiger partial charge in [0.2, 0.25) is 5.88 Å². The van der Waals surface area contributed by atoms with Crippen LogP contribution in [0.15, 0.2) is 48.7 Å². The van der Waals surface area contributed by atoms with Crippen LogP contribution in [0.5, 0.6) is 11.6 Å². The Morgan fingerprint density at radius 2 is 1.92 bits per heavy atom. The fourth-order valence-electron chi connectivity index (χ4n) is 2.90. The van der Waals surface area contributed by atoms with Crippen LogP contribution in [0.3, 0.4) is 0 Å². The van der Waals surface area contributed by atoms with Crippen molar-refractivity contribution in [3.63, 3.8) is 0 Å². The van der Waals surface area contributed by atoms with Crippen molar-refractivity contribution in [2.75, 3.05) is 32.7 Å². The van der Waals surface area contributed by atoms with Crippen LogP contribution in [-0.4, -0.2) is 64.6 Å². The van der Waals surface area contributed by atoms with Gasteiger partial charge < -0.3 is 14.7 Å². The van der Waals surface area contributed by atoms with Crippen LogP contribution in [0.25, 0.3) is 0 Å². The Hall–Kier alpha value is -2.44. The van der Waals surface area contributed by atoms with E-state index in [1.54, 1.807) is 25.3 Å². The summed E-state index contributed by atoms with van der Waals surface area (Å²) in [5.74, 6) is 1.08. The number of para-hydroxylation sites is 1. The Balaban J connectivity index is 1.62. The first kappa shape index (κ1) is 17.4. The fraction of sp³-hybridized carbons (Fsp3) is 0.368. The Morgan fingerprint density at radius 3 is 2.60 bits per heavy atom. The molecule has 25 heavy (non-hydrogen) atoms. The number of rotatable bonds is 5. The highest BCUT2D eigenvalue weighted by Gasteiger charge is 2.23. The number of hydrogen-bond acceptors (Lipinski definition) is 5. The molecule has 0 radical (unpaired) electrons. The lowest BCUT2D eigenvalue weighted by molar-refractivity contribution is 0.0553. The minimum absolute atomic E-state index is 0.0167. The van der Waals surface area contributed by atoms with E-state index in [1.165, 1.54) is 0 Å². The number of β-amino-alcohol motifs (C(OH)–C–C–N with tert-alkyl or cyclic N) is 1. The van der Waals surface area contributed by atoms with E-state index in [0.29, 0.717) is 36.8 Å². The van der Waals surface area contributed by atoms with E-state index in [2.05, 4.69) is 9.88 Å². The first-order valence-corrected chi connectivity index (χ1v) is 8.50. The van der Waals surface area contributed by atoms with Crippen molar-refractivity contribution in [3.8, 4) is 11.6 Å². The maximum absolute atomic E-state index is 12.7. The van der Waals surface area contributed by atoms with Crippen molar-refractivity contribution in [1.29, 1.82) is 0 Å². The smallest absolute Gasteiger partial charge is 0.254 e. The molecule has 0 unspecified atom stereocenters. The zero-order valence-corrected chi connectivity index (χ0v) is 14.3. The second-order valence-electron chi connectivity index (χ2n) is 6.24. The van der Waals surface area contributed by atoms with Gasteiger partial charge in [-0.2, -0.15) is 0 Å². The molecular formula is C19H23N3O3. The Morgan fingerprint density at radius 1 is 1.20 bits per heavy atom. The SMILES string of the molecule is C[C@@H](O)CN1CCN(C(=O)c2ccnc(Oc3ccccc3)c2)CC1. The highest BCUT2D eigenvalue weighted by molar-refractivity contribution is 5.94. The van der Waals surface area contributed by atoms with Gasteiger partial charge in [-0.15, -0.1) is 0 Å². The molecule has 0 spiro atoms. The van der Waals surface area contributed by atoms with E-state index in [-0.39, 0.29) is 12.0 Å². The van der Waals surface area contributed by atoms with E-state index >= 15 is 0 Å². The number of amides is 1. The van der Waals surface area contributed by atoms with Gasteiger partial charge in [0.05, 0.1) is 6.10 Å². The summed E-state index contributed by atoms with van der Waals surface area (Å²) in [6, 6.07) is 12.8. The zero-order valence-electron chi connectivity index (χ0n) is 14.3. The summed E-state index contributed by atoms with van der Waals surface area (Å²) in [4.78, 5) is 20.9. The number of aromatic nitrogens is 1. The molecule has 0 saturated carbocycles. The van der Waals surface area contributed by atoms with Crippen LogP contribution in [-0.2, 0) is 0 Å². The third-order valence-corrected chi connectivity index (χ3v) is 4.13. The zero-order chi connectivity index (χ0) is 17.6. The molecule has 1 aromatic heterocycles. The van der Waals surface area contributed by atoms with Crippen LogP contribution < -0.4 is 4.74 Å². The molecule has 1 amide bonds. The molecule has 132 valence electrons. The van der Waals surface area contributed by atoms with Gasteiger partial charge in [0.15, 0.2) is 0 Å². The van der Waals surface area contributed by atoms with Crippen LogP contribution in [0.2, 0.25) is 0 Å². The first-order chi connectivity index (χ1) is 12.1. The van der Waals surface area contributed by atoms with Gasteiger partial charge >= 0.3 is 0 Å². The average molecular weight is 341 g/mol. The molecule has 1 atom stereocenters. The van der Waals surface area contributed by atoms with Crippen molar-refractivity contribution < 1.29 is 14.6 Å². The molecule has 1 fully saturated rings. The van der Waals surface area contributed by atoms with Gasteiger partial charge in [0.25, 0.3) is 5.91 Å². The lowest BCUT2D eigenvalue weighted by atomic mass is 10.2. The van der Waals surface area contributed by atoms with Crippen LogP contribution in [0, 0.1) is 0 Å². The Kier molecular flexibility index (Phi) is 5.63. The summed E-state index contributed by atoms with van der Waals surface area (Å²) in [5.41, 5.74) is 0.574. The minimum atomic E-state index is -0.347. The molecule has 1 aromatic carbocycles. The molecule has 0 bridgehead atoms. The lowest BCUT2D eigenvalue weighted by Crippen LogP contribution is -2.50. The van der Waals surface area contributed by atoms with Gasteiger partial charge in [-0.05, 0) is 25.1 Å². The third kappa shape index (κ3) is 4.78. The maximum atomic E-state index is 12.7. The molecule has 1 aliphatic heterocycles. The second-order valence-corrected chi connectivity index (χ2v) is 6.24. The molecule has 6 nitrogen and oxygen atoms in total. The summed E-state index contributed by atoms with van der Waals surface area (Å²) in [5, 5.41) is 9.47. The number of nitrogens with zero attached hydrogens (tertiary/aromatic N) is 3. The summed E-state index contributed by atoms with van der Waals surface area (Å²) in [6.07, 6.45) is 1.25. The predicted octanol–water partition coefficient (Wildman–Crippen LogP) is 2.01. The molecule has 1 saturated heterocycles. The van der Waals surface area contributed by atoms with Gasteiger partial charge in [-0.1, -0.05) is 18.2 Å². The van der Waals surface area contributed by atoms with E-state index in [9.17, 15) is 9.90 Å². The number of benzene rings is 1. The van der Waals surface area contributed by atoms with Crippen LogP contribution >= 0.6 is 0 Å². The number of aliphatic hydroxyl groups is 1. The summed E-state index contributed by atoms with van der Waals surface area (Å²) < 4.78 is 5.70. The largest absolute Gasteiger partial charge is 0.439 e. The molecule has 0 aliphatic carbocycles. The predicted molar refractivity (Wildman–Crippen MR) is 94.8 cm³/mol. The van der Waals surface area contributed by atoms with E-state index in [4.69, 9.17) is 4.74 Å². The number of carbonyl (C=O) groups is 1. The number of carbonyl (C=O) groups excluding carboxylic acids is 1. The molecule has 1 N–H and O–H groups in total. The lowest BCUT2D eigenvalue weighted by Gasteiger charge is -2.35. The molecule has 1 aliphatic rings. The number of ether oxygens (including phenoxy) is 1. The second kappa shape index (κ2) is 8.09.